The highest BCUT2D eigenvalue weighted by atomic mass is 16.4. The van der Waals surface area contributed by atoms with E-state index in [2.05, 4.69) is 4.98 Å². The van der Waals surface area contributed by atoms with E-state index in [1.807, 2.05) is 79.1 Å². The van der Waals surface area contributed by atoms with Crippen molar-refractivity contribution in [2.24, 2.45) is 7.05 Å². The van der Waals surface area contributed by atoms with Gasteiger partial charge in [-0.3, -0.25) is 0 Å². The monoisotopic (exact) mass is 319 g/mol. The second kappa shape index (κ2) is 5.23. The minimum absolute atomic E-state index is 0.378. The Kier molecular flexibility index (Phi) is 3.16. The third-order valence-corrected chi connectivity index (χ3v) is 4.26. The molecule has 0 radical (unpaired) electrons. The second-order valence-electron chi connectivity index (χ2n) is 6.05. The lowest BCUT2D eigenvalue weighted by Crippen LogP contribution is -2.09. The first-order valence-electron chi connectivity index (χ1n) is 7.71. The van der Waals surface area contributed by atoms with Crippen molar-refractivity contribution in [1.82, 2.24) is 9.55 Å². The number of hydrogen-bond donors (Lipinski definition) is 0. The Morgan fingerprint density at radius 2 is 1.88 bits per heavy atom. The second-order valence-corrected chi connectivity index (χ2v) is 6.05. The molecule has 0 aliphatic heterocycles. The molecule has 24 heavy (non-hydrogen) atoms. The normalized spacial score (nSPS) is 11.3. The number of aromatic nitrogens is 2. The molecule has 0 aliphatic carbocycles. The average molecular weight is 319 g/mol. The maximum Gasteiger partial charge on any atom is 0.347 e. The fourth-order valence-electron chi connectivity index (χ4n) is 2.92. The van der Waals surface area contributed by atoms with Crippen LogP contribution in [0.25, 0.3) is 33.4 Å². The van der Waals surface area contributed by atoms with Crippen LogP contribution in [-0.2, 0) is 7.05 Å². The van der Waals surface area contributed by atoms with Crippen molar-refractivity contribution in [2.75, 3.05) is 19.0 Å². The Bertz CT molecular complexity index is 1120. The molecule has 0 saturated heterocycles. The summed E-state index contributed by atoms with van der Waals surface area (Å²) in [5, 5.41) is 0.877. The largest absolute Gasteiger partial charge is 0.422 e. The number of imidazole rings is 1. The fraction of sp³-hybridized carbons (Fsp3) is 0.158. The summed E-state index contributed by atoms with van der Waals surface area (Å²) in [4.78, 5) is 19.1. The van der Waals surface area contributed by atoms with Gasteiger partial charge in [0.25, 0.3) is 0 Å². The fourth-order valence-corrected chi connectivity index (χ4v) is 2.92. The molecule has 0 unspecified atom stereocenters. The Balaban J connectivity index is 1.96. The molecule has 5 heteroatoms. The lowest BCUT2D eigenvalue weighted by atomic mass is 10.1. The van der Waals surface area contributed by atoms with Gasteiger partial charge in [0.1, 0.15) is 17.0 Å². The maximum atomic E-state index is 12.5. The first kappa shape index (κ1) is 14.5. The zero-order valence-corrected chi connectivity index (χ0v) is 13.8. The molecule has 120 valence electrons. The summed E-state index contributed by atoms with van der Waals surface area (Å²) in [6.45, 7) is 0. The van der Waals surface area contributed by atoms with E-state index >= 15 is 0 Å². The molecule has 2 aromatic carbocycles. The molecule has 0 bridgehead atoms. The summed E-state index contributed by atoms with van der Waals surface area (Å²) in [7, 11) is 5.81. The highest BCUT2D eigenvalue weighted by Gasteiger charge is 2.15. The molecule has 2 heterocycles. The zero-order valence-electron chi connectivity index (χ0n) is 13.8. The minimum atomic E-state index is -0.378. The van der Waals surface area contributed by atoms with Gasteiger partial charge >= 0.3 is 5.63 Å². The summed E-state index contributed by atoms with van der Waals surface area (Å²) >= 11 is 0. The van der Waals surface area contributed by atoms with Crippen molar-refractivity contribution in [1.29, 1.82) is 0 Å². The third-order valence-electron chi connectivity index (χ3n) is 4.26. The van der Waals surface area contributed by atoms with E-state index in [1.54, 1.807) is 0 Å². The van der Waals surface area contributed by atoms with Crippen LogP contribution in [-0.4, -0.2) is 23.6 Å². The molecular weight excluding hydrogens is 302 g/mol. The van der Waals surface area contributed by atoms with Gasteiger partial charge in [-0.25, -0.2) is 9.78 Å². The van der Waals surface area contributed by atoms with Crippen LogP contribution in [0.1, 0.15) is 0 Å². The number of hydrogen-bond acceptors (Lipinski definition) is 4. The Labute approximate surface area is 138 Å². The Morgan fingerprint density at radius 3 is 2.62 bits per heavy atom. The van der Waals surface area contributed by atoms with Gasteiger partial charge in [-0.2, -0.15) is 0 Å². The van der Waals surface area contributed by atoms with Gasteiger partial charge in [-0.1, -0.05) is 12.1 Å². The van der Waals surface area contributed by atoms with Crippen LogP contribution in [0.3, 0.4) is 0 Å². The molecule has 0 atom stereocenters. The highest BCUT2D eigenvalue weighted by Crippen LogP contribution is 2.26. The Hall–Kier alpha value is -3.08. The first-order chi connectivity index (χ1) is 11.5. The summed E-state index contributed by atoms with van der Waals surface area (Å²) < 4.78 is 7.47. The van der Waals surface area contributed by atoms with Crippen molar-refractivity contribution in [2.45, 2.75) is 0 Å². The van der Waals surface area contributed by atoms with Crippen molar-refractivity contribution >= 4 is 27.7 Å². The number of aryl methyl sites for hydroxylation is 1. The predicted molar refractivity (Wildman–Crippen MR) is 96.5 cm³/mol. The van der Waals surface area contributed by atoms with Gasteiger partial charge in [0.2, 0.25) is 0 Å². The summed E-state index contributed by atoms with van der Waals surface area (Å²) in [6, 6.07) is 15.5. The van der Waals surface area contributed by atoms with E-state index in [1.165, 1.54) is 0 Å². The minimum Gasteiger partial charge on any atom is -0.422 e. The number of rotatable bonds is 2. The van der Waals surface area contributed by atoms with Gasteiger partial charge < -0.3 is 13.9 Å². The molecule has 0 spiro atoms. The molecule has 4 rings (SSSR count). The van der Waals surface area contributed by atoms with E-state index in [9.17, 15) is 4.79 Å². The van der Waals surface area contributed by atoms with E-state index < -0.39 is 0 Å². The van der Waals surface area contributed by atoms with Crippen LogP contribution in [0.5, 0.6) is 0 Å². The van der Waals surface area contributed by atoms with Gasteiger partial charge in [0.05, 0.1) is 11.0 Å². The standard InChI is InChI=1S/C19H17N3O2/c1-21(2)13-9-8-12-10-14(19(23)24-17(12)11-13)18-20-15-6-4-5-7-16(15)22(18)3/h4-11H,1-3H3. The summed E-state index contributed by atoms with van der Waals surface area (Å²) in [5.41, 5.74) is 3.50. The molecule has 0 amide bonds. The lowest BCUT2D eigenvalue weighted by molar-refractivity contribution is 0.562. The molecule has 5 nitrogen and oxygen atoms in total. The van der Waals surface area contributed by atoms with Crippen LogP contribution >= 0.6 is 0 Å². The van der Waals surface area contributed by atoms with Crippen molar-refractivity contribution in [3.05, 3.63) is 59.0 Å². The van der Waals surface area contributed by atoms with Crippen molar-refractivity contribution in [3.63, 3.8) is 0 Å². The molecule has 0 N–H and O–H groups in total. The van der Waals surface area contributed by atoms with E-state index in [-0.39, 0.29) is 5.63 Å². The molecule has 0 fully saturated rings. The van der Waals surface area contributed by atoms with Crippen LogP contribution in [0.4, 0.5) is 5.69 Å². The van der Waals surface area contributed by atoms with Crippen LogP contribution < -0.4 is 10.5 Å². The third kappa shape index (κ3) is 2.17. The predicted octanol–water partition coefficient (Wildman–Crippen LogP) is 3.41. The van der Waals surface area contributed by atoms with Gasteiger partial charge in [0.15, 0.2) is 0 Å². The maximum absolute atomic E-state index is 12.5. The lowest BCUT2D eigenvalue weighted by Gasteiger charge is -2.12. The van der Waals surface area contributed by atoms with Gasteiger partial charge in [0, 0.05) is 38.3 Å². The number of fused-ring (bicyclic) bond motifs is 2. The molecule has 0 saturated carbocycles. The highest BCUT2D eigenvalue weighted by molar-refractivity contribution is 5.86. The average Bonchev–Trinajstić information content (AvgIpc) is 2.91. The topological polar surface area (TPSA) is 51.3 Å². The van der Waals surface area contributed by atoms with Crippen molar-refractivity contribution in [3.8, 4) is 11.4 Å². The smallest absolute Gasteiger partial charge is 0.347 e. The SMILES string of the molecule is CN(C)c1ccc2cc(-c3nc4ccccc4n3C)c(=O)oc2c1. The van der Waals surface area contributed by atoms with E-state index in [0.717, 1.165) is 22.1 Å². The zero-order chi connectivity index (χ0) is 16.8. The molecule has 4 aromatic rings. The number of para-hydroxylation sites is 2. The number of benzene rings is 2. The van der Waals surface area contributed by atoms with Crippen LogP contribution in [0, 0.1) is 0 Å². The van der Waals surface area contributed by atoms with Gasteiger partial charge in [-0.15, -0.1) is 0 Å². The van der Waals surface area contributed by atoms with Crippen LogP contribution in [0.15, 0.2) is 57.7 Å². The number of nitrogens with zero attached hydrogens (tertiary/aromatic N) is 3. The van der Waals surface area contributed by atoms with Crippen LogP contribution in [0.2, 0.25) is 0 Å². The number of anilines is 1. The van der Waals surface area contributed by atoms with E-state index in [0.29, 0.717) is 17.0 Å². The Morgan fingerprint density at radius 1 is 1.08 bits per heavy atom. The summed E-state index contributed by atoms with van der Waals surface area (Å²) in [6.07, 6.45) is 0. The quantitative estimate of drug-likeness (QED) is 0.531. The van der Waals surface area contributed by atoms with Gasteiger partial charge in [-0.05, 0) is 30.3 Å². The summed E-state index contributed by atoms with van der Waals surface area (Å²) in [5.74, 6) is 0.614. The van der Waals surface area contributed by atoms with E-state index in [4.69, 9.17) is 4.42 Å². The first-order valence-corrected chi connectivity index (χ1v) is 7.71. The van der Waals surface area contributed by atoms with Crippen molar-refractivity contribution < 1.29 is 4.42 Å². The molecule has 2 aromatic heterocycles. The molecular formula is C19H17N3O2. The molecule has 0 aliphatic rings.